The predicted octanol–water partition coefficient (Wildman–Crippen LogP) is 2.77. The second kappa shape index (κ2) is 5.24. The summed E-state index contributed by atoms with van der Waals surface area (Å²) >= 11 is 0. The fourth-order valence-corrected chi connectivity index (χ4v) is 1.31. The molecule has 0 atom stereocenters. The van der Waals surface area contributed by atoms with Gasteiger partial charge in [0.2, 0.25) is 0 Å². The van der Waals surface area contributed by atoms with Gasteiger partial charge in [0.15, 0.2) is 5.79 Å². The number of halogens is 1. The summed E-state index contributed by atoms with van der Waals surface area (Å²) in [6.07, 6.45) is 1.55. The van der Waals surface area contributed by atoms with Gasteiger partial charge < -0.3 is 9.47 Å². The SMILES string of the molecule is COC(C)(CCc1ccc(F)cc1)OC. The van der Waals surface area contributed by atoms with Gasteiger partial charge >= 0.3 is 0 Å². The summed E-state index contributed by atoms with van der Waals surface area (Å²) in [5.74, 6) is -0.769. The van der Waals surface area contributed by atoms with Crippen LogP contribution < -0.4 is 0 Å². The molecule has 0 aliphatic carbocycles. The fraction of sp³-hybridized carbons (Fsp3) is 0.500. The van der Waals surface area contributed by atoms with E-state index < -0.39 is 5.79 Å². The smallest absolute Gasteiger partial charge is 0.165 e. The minimum Gasteiger partial charge on any atom is -0.353 e. The topological polar surface area (TPSA) is 18.5 Å². The molecule has 0 spiro atoms. The lowest BCUT2D eigenvalue weighted by molar-refractivity contribution is -0.196. The quantitative estimate of drug-likeness (QED) is 0.699. The van der Waals surface area contributed by atoms with Crippen LogP contribution in [0.15, 0.2) is 24.3 Å². The van der Waals surface area contributed by atoms with E-state index >= 15 is 0 Å². The molecule has 0 aliphatic rings. The van der Waals surface area contributed by atoms with E-state index in [1.54, 1.807) is 26.4 Å². The maximum atomic E-state index is 12.6. The normalized spacial score (nSPS) is 11.7. The van der Waals surface area contributed by atoms with Gasteiger partial charge in [-0.05, 0) is 31.0 Å². The molecular weight excluding hydrogens is 195 g/mol. The molecule has 0 fully saturated rings. The van der Waals surface area contributed by atoms with E-state index in [9.17, 15) is 4.39 Å². The van der Waals surface area contributed by atoms with Crippen molar-refractivity contribution in [1.82, 2.24) is 0 Å². The van der Waals surface area contributed by atoms with Gasteiger partial charge in [0.25, 0.3) is 0 Å². The zero-order valence-corrected chi connectivity index (χ0v) is 9.42. The molecule has 0 bridgehead atoms. The summed E-state index contributed by atoms with van der Waals surface area (Å²) in [7, 11) is 3.24. The minimum absolute atomic E-state index is 0.208. The van der Waals surface area contributed by atoms with E-state index in [0.29, 0.717) is 0 Å². The lowest BCUT2D eigenvalue weighted by Gasteiger charge is -2.26. The number of benzene rings is 1. The van der Waals surface area contributed by atoms with Crippen LogP contribution in [-0.2, 0) is 15.9 Å². The Morgan fingerprint density at radius 2 is 1.67 bits per heavy atom. The summed E-state index contributed by atoms with van der Waals surface area (Å²) in [5.41, 5.74) is 1.08. The van der Waals surface area contributed by atoms with Crippen LogP contribution in [0.5, 0.6) is 0 Å². The Labute approximate surface area is 90.0 Å². The van der Waals surface area contributed by atoms with Crippen LogP contribution in [0.4, 0.5) is 4.39 Å². The molecule has 0 N–H and O–H groups in total. The lowest BCUT2D eigenvalue weighted by Crippen LogP contribution is -2.30. The first-order valence-corrected chi connectivity index (χ1v) is 4.94. The van der Waals surface area contributed by atoms with Crippen molar-refractivity contribution in [2.24, 2.45) is 0 Å². The van der Waals surface area contributed by atoms with E-state index in [1.807, 2.05) is 6.92 Å². The summed E-state index contributed by atoms with van der Waals surface area (Å²) in [6, 6.07) is 6.49. The first-order chi connectivity index (χ1) is 7.09. The Balaban J connectivity index is 2.53. The molecule has 0 saturated carbocycles. The summed E-state index contributed by atoms with van der Waals surface area (Å²) < 4.78 is 23.1. The lowest BCUT2D eigenvalue weighted by atomic mass is 10.1. The Hall–Kier alpha value is -0.930. The zero-order valence-electron chi connectivity index (χ0n) is 9.42. The van der Waals surface area contributed by atoms with Crippen LogP contribution in [-0.4, -0.2) is 20.0 Å². The molecule has 0 radical (unpaired) electrons. The van der Waals surface area contributed by atoms with Crippen molar-refractivity contribution in [2.45, 2.75) is 25.6 Å². The summed E-state index contributed by atoms with van der Waals surface area (Å²) in [6.45, 7) is 1.89. The molecule has 1 aromatic carbocycles. The van der Waals surface area contributed by atoms with Gasteiger partial charge in [-0.2, -0.15) is 0 Å². The second-order valence-electron chi connectivity index (χ2n) is 3.67. The van der Waals surface area contributed by atoms with Gasteiger partial charge in [-0.25, -0.2) is 4.39 Å². The number of rotatable bonds is 5. The van der Waals surface area contributed by atoms with Crippen LogP contribution >= 0.6 is 0 Å². The van der Waals surface area contributed by atoms with Gasteiger partial charge in [-0.15, -0.1) is 0 Å². The highest BCUT2D eigenvalue weighted by Gasteiger charge is 2.21. The van der Waals surface area contributed by atoms with E-state index in [4.69, 9.17) is 9.47 Å². The Bertz CT molecular complexity index is 291. The predicted molar refractivity (Wildman–Crippen MR) is 57.1 cm³/mol. The standard InChI is InChI=1S/C12H17FO2/c1-12(14-2,15-3)9-8-10-4-6-11(13)7-5-10/h4-7H,8-9H2,1-3H3. The molecule has 0 unspecified atom stereocenters. The number of ether oxygens (including phenoxy) is 2. The van der Waals surface area contributed by atoms with Crippen molar-refractivity contribution in [3.05, 3.63) is 35.6 Å². The fourth-order valence-electron chi connectivity index (χ4n) is 1.31. The van der Waals surface area contributed by atoms with E-state index in [1.165, 1.54) is 12.1 Å². The Morgan fingerprint density at radius 1 is 1.13 bits per heavy atom. The van der Waals surface area contributed by atoms with Crippen molar-refractivity contribution in [1.29, 1.82) is 0 Å². The molecule has 15 heavy (non-hydrogen) atoms. The highest BCUT2D eigenvalue weighted by atomic mass is 19.1. The monoisotopic (exact) mass is 212 g/mol. The van der Waals surface area contributed by atoms with E-state index in [2.05, 4.69) is 0 Å². The maximum absolute atomic E-state index is 12.6. The van der Waals surface area contributed by atoms with Crippen molar-refractivity contribution >= 4 is 0 Å². The first kappa shape index (κ1) is 12.1. The molecule has 2 nitrogen and oxygen atoms in total. The molecule has 0 amide bonds. The van der Waals surface area contributed by atoms with E-state index in [0.717, 1.165) is 18.4 Å². The van der Waals surface area contributed by atoms with Gasteiger partial charge in [0, 0.05) is 20.6 Å². The van der Waals surface area contributed by atoms with Gasteiger partial charge in [0.1, 0.15) is 5.82 Å². The molecule has 84 valence electrons. The van der Waals surface area contributed by atoms with Crippen LogP contribution in [0, 0.1) is 5.82 Å². The molecule has 3 heteroatoms. The average Bonchev–Trinajstić information content (AvgIpc) is 2.28. The Morgan fingerprint density at radius 3 is 2.13 bits per heavy atom. The van der Waals surface area contributed by atoms with Crippen LogP contribution in [0.25, 0.3) is 0 Å². The second-order valence-corrected chi connectivity index (χ2v) is 3.67. The van der Waals surface area contributed by atoms with Gasteiger partial charge in [-0.1, -0.05) is 12.1 Å². The highest BCUT2D eigenvalue weighted by Crippen LogP contribution is 2.18. The average molecular weight is 212 g/mol. The third kappa shape index (κ3) is 3.61. The summed E-state index contributed by atoms with van der Waals surface area (Å²) in [5, 5.41) is 0. The van der Waals surface area contributed by atoms with Crippen molar-refractivity contribution in [3.8, 4) is 0 Å². The van der Waals surface area contributed by atoms with Gasteiger partial charge in [0.05, 0.1) is 0 Å². The van der Waals surface area contributed by atoms with Crippen molar-refractivity contribution in [3.63, 3.8) is 0 Å². The molecular formula is C12H17FO2. The molecule has 1 aromatic rings. The molecule has 0 aromatic heterocycles. The van der Waals surface area contributed by atoms with Gasteiger partial charge in [-0.3, -0.25) is 0 Å². The maximum Gasteiger partial charge on any atom is 0.165 e. The summed E-state index contributed by atoms with van der Waals surface area (Å²) in [4.78, 5) is 0. The van der Waals surface area contributed by atoms with Crippen molar-refractivity contribution < 1.29 is 13.9 Å². The minimum atomic E-state index is -0.561. The number of aryl methyl sites for hydroxylation is 1. The van der Waals surface area contributed by atoms with Crippen LogP contribution in [0.3, 0.4) is 0 Å². The molecule has 0 aliphatic heterocycles. The largest absolute Gasteiger partial charge is 0.353 e. The van der Waals surface area contributed by atoms with E-state index in [-0.39, 0.29) is 5.82 Å². The first-order valence-electron chi connectivity index (χ1n) is 4.94. The van der Waals surface area contributed by atoms with Crippen molar-refractivity contribution in [2.75, 3.05) is 14.2 Å². The number of hydrogen-bond donors (Lipinski definition) is 0. The zero-order chi connectivity index (χ0) is 11.3. The number of hydrogen-bond acceptors (Lipinski definition) is 2. The highest BCUT2D eigenvalue weighted by molar-refractivity contribution is 5.16. The van der Waals surface area contributed by atoms with Crippen LogP contribution in [0.2, 0.25) is 0 Å². The molecule has 1 rings (SSSR count). The molecule has 0 heterocycles. The van der Waals surface area contributed by atoms with Crippen LogP contribution in [0.1, 0.15) is 18.9 Å². The third-order valence-corrected chi connectivity index (χ3v) is 2.64. The third-order valence-electron chi connectivity index (χ3n) is 2.64. The number of methoxy groups -OCH3 is 2. The molecule has 0 saturated heterocycles. The Kier molecular flexibility index (Phi) is 4.24.